The molecule has 5 nitrogen and oxygen atoms in total. The third-order valence-electron chi connectivity index (χ3n) is 4.52. The maximum absolute atomic E-state index is 10.4. The molecule has 1 unspecified atom stereocenters. The van der Waals surface area contributed by atoms with Crippen molar-refractivity contribution in [1.29, 1.82) is 0 Å². The average molecular weight is 472 g/mol. The Morgan fingerprint density at radius 2 is 1.84 bits per heavy atom. The normalized spacial score (nSPS) is 12.2. The first kappa shape index (κ1) is 22.0. The molecule has 1 atom stereocenters. The Kier molecular flexibility index (Phi) is 7.77. The van der Waals surface area contributed by atoms with E-state index in [-0.39, 0.29) is 6.61 Å². The van der Waals surface area contributed by atoms with Gasteiger partial charge in [-0.25, -0.2) is 0 Å². The number of nitrogens with zero attached hydrogens (tertiary/aromatic N) is 3. The average Bonchev–Trinajstić information content (AvgIpc) is 3.44. The summed E-state index contributed by atoms with van der Waals surface area (Å²) in [5.41, 5.74) is 2.03. The zero-order valence-electron chi connectivity index (χ0n) is 16.7. The number of para-hydroxylation sites is 1. The highest BCUT2D eigenvalue weighted by Gasteiger charge is 2.17. The maximum atomic E-state index is 10.4. The van der Waals surface area contributed by atoms with Gasteiger partial charge in [0.15, 0.2) is 5.16 Å². The van der Waals surface area contributed by atoms with Gasteiger partial charge in [-0.2, -0.15) is 0 Å². The van der Waals surface area contributed by atoms with Crippen LogP contribution >= 0.6 is 34.7 Å². The number of ether oxygens (including phenoxy) is 1. The van der Waals surface area contributed by atoms with Crippen LogP contribution in [0.15, 0.2) is 77.3 Å². The standard InChI is InChI=1S/C23H22ClN3O2S2/c24-18-10-8-17(9-11-18)14-29-15-20(28)16-31-23-26-25-22(13-21-7-4-12-30-21)27(23)19-5-2-1-3-6-19/h1-12,20,28H,13-16H2. The number of halogens is 1. The smallest absolute Gasteiger partial charge is 0.195 e. The molecule has 2 heterocycles. The number of aromatic nitrogens is 3. The van der Waals surface area contributed by atoms with Gasteiger partial charge in [0.1, 0.15) is 5.82 Å². The van der Waals surface area contributed by atoms with E-state index in [1.165, 1.54) is 16.6 Å². The van der Waals surface area contributed by atoms with Crippen molar-refractivity contribution >= 4 is 34.7 Å². The lowest BCUT2D eigenvalue weighted by molar-refractivity contribution is 0.0398. The molecule has 2 aromatic heterocycles. The molecule has 0 bridgehead atoms. The zero-order valence-corrected chi connectivity index (χ0v) is 19.1. The van der Waals surface area contributed by atoms with Gasteiger partial charge in [0.05, 0.1) is 19.3 Å². The van der Waals surface area contributed by atoms with Crippen molar-refractivity contribution in [2.75, 3.05) is 12.4 Å². The molecule has 0 fully saturated rings. The van der Waals surface area contributed by atoms with E-state index in [4.69, 9.17) is 16.3 Å². The Balaban J connectivity index is 1.38. The van der Waals surface area contributed by atoms with Gasteiger partial charge in [0.25, 0.3) is 0 Å². The van der Waals surface area contributed by atoms with Crippen LogP contribution in [-0.4, -0.2) is 38.3 Å². The number of benzene rings is 2. The van der Waals surface area contributed by atoms with Gasteiger partial charge in [-0.1, -0.05) is 59.8 Å². The molecule has 0 spiro atoms. The Labute approximate surface area is 194 Å². The highest BCUT2D eigenvalue weighted by Crippen LogP contribution is 2.25. The number of thioether (sulfide) groups is 1. The molecule has 0 aliphatic heterocycles. The van der Waals surface area contributed by atoms with Crippen LogP contribution in [0.3, 0.4) is 0 Å². The monoisotopic (exact) mass is 471 g/mol. The van der Waals surface area contributed by atoms with E-state index in [0.717, 1.165) is 22.2 Å². The molecular formula is C23H22ClN3O2S2. The van der Waals surface area contributed by atoms with Gasteiger partial charge < -0.3 is 9.84 Å². The fraction of sp³-hybridized carbons (Fsp3) is 0.217. The SMILES string of the molecule is OC(COCc1ccc(Cl)cc1)CSc1nnc(Cc2cccs2)n1-c1ccccc1. The first-order valence-electron chi connectivity index (χ1n) is 9.84. The van der Waals surface area contributed by atoms with E-state index in [2.05, 4.69) is 26.2 Å². The van der Waals surface area contributed by atoms with Crippen molar-refractivity contribution in [3.05, 3.63) is 93.4 Å². The van der Waals surface area contributed by atoms with Crippen LogP contribution in [-0.2, 0) is 17.8 Å². The fourth-order valence-electron chi connectivity index (χ4n) is 3.03. The van der Waals surface area contributed by atoms with E-state index >= 15 is 0 Å². The van der Waals surface area contributed by atoms with Gasteiger partial charge in [-0.05, 0) is 41.3 Å². The van der Waals surface area contributed by atoms with Crippen LogP contribution in [0.5, 0.6) is 0 Å². The van der Waals surface area contributed by atoms with Crippen LogP contribution in [0.2, 0.25) is 5.02 Å². The van der Waals surface area contributed by atoms with Crippen LogP contribution in [0.1, 0.15) is 16.3 Å². The molecule has 0 amide bonds. The number of hydrogen-bond acceptors (Lipinski definition) is 6. The number of thiophene rings is 1. The third-order valence-corrected chi connectivity index (χ3v) is 6.73. The largest absolute Gasteiger partial charge is 0.390 e. The van der Waals surface area contributed by atoms with E-state index < -0.39 is 6.10 Å². The first-order chi connectivity index (χ1) is 15.2. The Hall–Kier alpha value is -2.16. The minimum atomic E-state index is -0.612. The molecule has 0 aliphatic carbocycles. The van der Waals surface area contributed by atoms with E-state index in [9.17, 15) is 5.11 Å². The molecule has 4 aromatic rings. The topological polar surface area (TPSA) is 60.2 Å². The lowest BCUT2D eigenvalue weighted by atomic mass is 10.2. The van der Waals surface area contributed by atoms with Crippen LogP contribution in [0.25, 0.3) is 5.69 Å². The quantitative estimate of drug-likeness (QED) is 0.320. The minimum absolute atomic E-state index is 0.247. The fourth-order valence-corrected chi connectivity index (χ4v) is 4.73. The summed E-state index contributed by atoms with van der Waals surface area (Å²) in [6.45, 7) is 0.682. The van der Waals surface area contributed by atoms with Gasteiger partial charge in [-0.15, -0.1) is 21.5 Å². The Morgan fingerprint density at radius 1 is 1.03 bits per heavy atom. The highest BCUT2D eigenvalue weighted by atomic mass is 35.5. The summed E-state index contributed by atoms with van der Waals surface area (Å²) in [5, 5.41) is 22.7. The summed E-state index contributed by atoms with van der Waals surface area (Å²) in [7, 11) is 0. The molecular weight excluding hydrogens is 450 g/mol. The summed E-state index contributed by atoms with van der Waals surface area (Å²) < 4.78 is 7.71. The molecule has 8 heteroatoms. The molecule has 0 radical (unpaired) electrons. The summed E-state index contributed by atoms with van der Waals surface area (Å²) in [6.07, 6.45) is 0.103. The molecule has 160 valence electrons. The van der Waals surface area contributed by atoms with Crippen molar-refractivity contribution in [2.24, 2.45) is 0 Å². The summed E-state index contributed by atoms with van der Waals surface area (Å²) in [6, 6.07) is 21.7. The zero-order chi connectivity index (χ0) is 21.5. The number of rotatable bonds is 10. The number of aliphatic hydroxyl groups is 1. The van der Waals surface area contributed by atoms with Crippen LogP contribution in [0.4, 0.5) is 0 Å². The summed E-state index contributed by atoms with van der Waals surface area (Å²) >= 11 is 9.08. The maximum Gasteiger partial charge on any atom is 0.195 e. The predicted octanol–water partition coefficient (Wildman–Crippen LogP) is 5.24. The highest BCUT2D eigenvalue weighted by molar-refractivity contribution is 7.99. The lowest BCUT2D eigenvalue weighted by Gasteiger charge is -2.13. The van der Waals surface area contributed by atoms with E-state index in [1.54, 1.807) is 11.3 Å². The second-order valence-electron chi connectivity index (χ2n) is 6.93. The summed E-state index contributed by atoms with van der Waals surface area (Å²) in [4.78, 5) is 1.23. The summed E-state index contributed by atoms with van der Waals surface area (Å²) in [5.74, 6) is 1.34. The minimum Gasteiger partial charge on any atom is -0.390 e. The predicted molar refractivity (Wildman–Crippen MR) is 126 cm³/mol. The van der Waals surface area contributed by atoms with Crippen molar-refractivity contribution in [3.63, 3.8) is 0 Å². The molecule has 1 N–H and O–H groups in total. The van der Waals surface area contributed by atoms with Crippen molar-refractivity contribution < 1.29 is 9.84 Å². The third kappa shape index (κ3) is 6.18. The van der Waals surface area contributed by atoms with Gasteiger partial charge >= 0.3 is 0 Å². The molecule has 0 saturated carbocycles. The van der Waals surface area contributed by atoms with Crippen molar-refractivity contribution in [2.45, 2.75) is 24.3 Å². The molecule has 4 rings (SSSR count). The van der Waals surface area contributed by atoms with Gasteiger partial charge in [0.2, 0.25) is 0 Å². The molecule has 2 aromatic carbocycles. The Morgan fingerprint density at radius 3 is 2.58 bits per heavy atom. The van der Waals surface area contributed by atoms with E-state index in [1.807, 2.05) is 60.7 Å². The molecule has 31 heavy (non-hydrogen) atoms. The first-order valence-corrected chi connectivity index (χ1v) is 12.1. The second kappa shape index (κ2) is 10.9. The Bertz CT molecular complexity index is 1070. The number of hydrogen-bond donors (Lipinski definition) is 1. The van der Waals surface area contributed by atoms with Crippen molar-refractivity contribution in [3.8, 4) is 5.69 Å². The van der Waals surface area contributed by atoms with Crippen molar-refractivity contribution in [1.82, 2.24) is 14.8 Å². The second-order valence-corrected chi connectivity index (χ2v) is 9.39. The molecule has 0 aliphatic rings. The van der Waals surface area contributed by atoms with Gasteiger partial charge in [-0.3, -0.25) is 4.57 Å². The molecule has 0 saturated heterocycles. The van der Waals surface area contributed by atoms with E-state index in [0.29, 0.717) is 23.8 Å². The van der Waals surface area contributed by atoms with Crippen LogP contribution < -0.4 is 0 Å². The van der Waals surface area contributed by atoms with Gasteiger partial charge in [0, 0.05) is 27.8 Å². The van der Waals surface area contributed by atoms with Crippen LogP contribution in [0, 0.1) is 0 Å². The number of aliphatic hydroxyl groups excluding tert-OH is 1. The lowest BCUT2D eigenvalue weighted by Crippen LogP contribution is -2.18.